The SMILES string of the molecule is Cc1c(-c2nc(-c3cccs3)no2)cnn1C. The smallest absolute Gasteiger partial charge is 0.261 e. The first-order chi connectivity index (χ1) is 8.25. The van der Waals surface area contributed by atoms with Gasteiger partial charge in [0.1, 0.15) is 0 Å². The second-order valence-corrected chi connectivity index (χ2v) is 4.62. The van der Waals surface area contributed by atoms with Crippen molar-refractivity contribution in [3.63, 3.8) is 0 Å². The molecule has 3 aromatic heterocycles. The standard InChI is InChI=1S/C11H10N4OS/c1-7-8(6-12-15(7)2)11-13-10(14-16-11)9-4-3-5-17-9/h3-6H,1-2H3. The number of nitrogens with zero attached hydrogens (tertiary/aromatic N) is 4. The van der Waals surface area contributed by atoms with Gasteiger partial charge < -0.3 is 4.52 Å². The molecule has 0 aliphatic heterocycles. The number of hydrogen-bond acceptors (Lipinski definition) is 5. The van der Waals surface area contributed by atoms with Crippen molar-refractivity contribution in [2.75, 3.05) is 0 Å². The lowest BCUT2D eigenvalue weighted by atomic mass is 10.2. The van der Waals surface area contributed by atoms with Gasteiger partial charge in [0.05, 0.1) is 16.6 Å². The van der Waals surface area contributed by atoms with Crippen LogP contribution in [-0.2, 0) is 7.05 Å². The molecule has 0 saturated heterocycles. The van der Waals surface area contributed by atoms with Crippen molar-refractivity contribution in [3.05, 3.63) is 29.4 Å². The molecule has 0 aliphatic rings. The summed E-state index contributed by atoms with van der Waals surface area (Å²) in [4.78, 5) is 5.38. The van der Waals surface area contributed by atoms with Crippen LogP contribution >= 0.6 is 11.3 Å². The summed E-state index contributed by atoms with van der Waals surface area (Å²) in [5.41, 5.74) is 1.88. The van der Waals surface area contributed by atoms with Crippen molar-refractivity contribution < 1.29 is 4.52 Å². The first-order valence-electron chi connectivity index (χ1n) is 5.12. The largest absolute Gasteiger partial charge is 0.333 e. The topological polar surface area (TPSA) is 56.7 Å². The lowest BCUT2D eigenvalue weighted by Gasteiger charge is -1.93. The third kappa shape index (κ3) is 1.66. The fourth-order valence-electron chi connectivity index (χ4n) is 1.55. The number of hydrogen-bond donors (Lipinski definition) is 0. The Morgan fingerprint density at radius 3 is 2.94 bits per heavy atom. The first kappa shape index (κ1) is 10.2. The van der Waals surface area contributed by atoms with Crippen molar-refractivity contribution in [1.82, 2.24) is 19.9 Å². The van der Waals surface area contributed by atoms with Crippen LogP contribution in [0.1, 0.15) is 5.69 Å². The molecule has 0 unspecified atom stereocenters. The van der Waals surface area contributed by atoms with Gasteiger partial charge in [-0.05, 0) is 18.4 Å². The molecule has 0 spiro atoms. The Labute approximate surface area is 102 Å². The normalized spacial score (nSPS) is 10.9. The highest BCUT2D eigenvalue weighted by atomic mass is 32.1. The summed E-state index contributed by atoms with van der Waals surface area (Å²) < 4.78 is 7.04. The number of thiophene rings is 1. The molecule has 0 bridgehead atoms. The number of aromatic nitrogens is 4. The van der Waals surface area contributed by atoms with Crippen LogP contribution in [0.2, 0.25) is 0 Å². The summed E-state index contributed by atoms with van der Waals surface area (Å²) in [5, 5.41) is 10.1. The Morgan fingerprint density at radius 1 is 1.41 bits per heavy atom. The van der Waals surface area contributed by atoms with E-state index in [2.05, 4.69) is 15.2 Å². The van der Waals surface area contributed by atoms with Gasteiger partial charge in [-0.3, -0.25) is 4.68 Å². The third-order valence-electron chi connectivity index (χ3n) is 2.63. The summed E-state index contributed by atoms with van der Waals surface area (Å²) in [5.74, 6) is 1.14. The quantitative estimate of drug-likeness (QED) is 0.697. The summed E-state index contributed by atoms with van der Waals surface area (Å²) in [6.07, 6.45) is 1.74. The van der Waals surface area contributed by atoms with Gasteiger partial charge in [0.15, 0.2) is 0 Å². The first-order valence-corrected chi connectivity index (χ1v) is 6.00. The van der Waals surface area contributed by atoms with Crippen LogP contribution in [0, 0.1) is 6.92 Å². The van der Waals surface area contributed by atoms with E-state index in [0.29, 0.717) is 11.7 Å². The minimum atomic E-state index is 0.513. The van der Waals surface area contributed by atoms with E-state index in [9.17, 15) is 0 Å². The summed E-state index contributed by atoms with van der Waals surface area (Å²) >= 11 is 1.59. The van der Waals surface area contributed by atoms with E-state index < -0.39 is 0 Å². The van der Waals surface area contributed by atoms with E-state index >= 15 is 0 Å². The van der Waals surface area contributed by atoms with E-state index in [0.717, 1.165) is 16.1 Å². The van der Waals surface area contributed by atoms with E-state index in [4.69, 9.17) is 4.52 Å². The Balaban J connectivity index is 2.04. The fraction of sp³-hybridized carbons (Fsp3) is 0.182. The molecule has 3 aromatic rings. The molecule has 0 aliphatic carbocycles. The maximum absolute atomic E-state index is 5.26. The van der Waals surface area contributed by atoms with E-state index in [-0.39, 0.29) is 0 Å². The monoisotopic (exact) mass is 246 g/mol. The van der Waals surface area contributed by atoms with Crippen LogP contribution in [0.4, 0.5) is 0 Å². The zero-order valence-corrected chi connectivity index (χ0v) is 10.2. The molecular weight excluding hydrogens is 236 g/mol. The summed E-state index contributed by atoms with van der Waals surface area (Å²) in [6, 6.07) is 3.93. The predicted octanol–water partition coefficient (Wildman–Crippen LogP) is 2.51. The van der Waals surface area contributed by atoms with Crippen LogP contribution < -0.4 is 0 Å². The Bertz CT molecular complexity index is 638. The molecule has 0 N–H and O–H groups in total. The average molecular weight is 246 g/mol. The molecule has 3 heterocycles. The molecule has 17 heavy (non-hydrogen) atoms. The van der Waals surface area contributed by atoms with E-state index in [1.165, 1.54) is 0 Å². The molecule has 0 amide bonds. The lowest BCUT2D eigenvalue weighted by Crippen LogP contribution is -1.92. The molecule has 0 atom stereocenters. The van der Waals surface area contributed by atoms with Crippen molar-refractivity contribution in [1.29, 1.82) is 0 Å². The van der Waals surface area contributed by atoms with Crippen molar-refractivity contribution in [3.8, 4) is 22.2 Å². The molecule has 0 fully saturated rings. The van der Waals surface area contributed by atoms with E-state index in [1.807, 2.05) is 31.5 Å². The lowest BCUT2D eigenvalue weighted by molar-refractivity contribution is 0.432. The van der Waals surface area contributed by atoms with Crippen LogP contribution in [0.15, 0.2) is 28.2 Å². The highest BCUT2D eigenvalue weighted by molar-refractivity contribution is 7.13. The van der Waals surface area contributed by atoms with Gasteiger partial charge in [-0.2, -0.15) is 10.1 Å². The van der Waals surface area contributed by atoms with Crippen LogP contribution in [0.3, 0.4) is 0 Å². The molecule has 0 radical (unpaired) electrons. The molecule has 5 nitrogen and oxygen atoms in total. The average Bonchev–Trinajstić information content (AvgIpc) is 3.01. The Morgan fingerprint density at radius 2 is 2.29 bits per heavy atom. The van der Waals surface area contributed by atoms with Gasteiger partial charge in [0.25, 0.3) is 5.89 Å². The molecule has 0 saturated carbocycles. The zero-order chi connectivity index (χ0) is 11.8. The van der Waals surface area contributed by atoms with Gasteiger partial charge in [-0.1, -0.05) is 11.2 Å². The minimum absolute atomic E-state index is 0.513. The molecule has 86 valence electrons. The van der Waals surface area contributed by atoms with Crippen LogP contribution in [0.5, 0.6) is 0 Å². The van der Waals surface area contributed by atoms with Gasteiger partial charge >= 0.3 is 0 Å². The van der Waals surface area contributed by atoms with Crippen molar-refractivity contribution in [2.45, 2.75) is 6.92 Å². The number of rotatable bonds is 2. The highest BCUT2D eigenvalue weighted by Crippen LogP contribution is 2.26. The molecule has 6 heteroatoms. The van der Waals surface area contributed by atoms with Crippen molar-refractivity contribution in [2.24, 2.45) is 7.05 Å². The summed E-state index contributed by atoms with van der Waals surface area (Å²) in [6.45, 7) is 1.97. The van der Waals surface area contributed by atoms with Crippen LogP contribution in [0.25, 0.3) is 22.2 Å². The van der Waals surface area contributed by atoms with Crippen molar-refractivity contribution >= 4 is 11.3 Å². The molecule has 3 rings (SSSR count). The van der Waals surface area contributed by atoms with E-state index in [1.54, 1.807) is 22.2 Å². The zero-order valence-electron chi connectivity index (χ0n) is 9.41. The highest BCUT2D eigenvalue weighted by Gasteiger charge is 2.15. The fourth-order valence-corrected chi connectivity index (χ4v) is 2.20. The second-order valence-electron chi connectivity index (χ2n) is 3.67. The van der Waals surface area contributed by atoms with Crippen LogP contribution in [-0.4, -0.2) is 19.9 Å². The number of aryl methyl sites for hydroxylation is 1. The van der Waals surface area contributed by atoms with Gasteiger partial charge in [0.2, 0.25) is 5.82 Å². The minimum Gasteiger partial charge on any atom is -0.333 e. The maximum Gasteiger partial charge on any atom is 0.261 e. The summed E-state index contributed by atoms with van der Waals surface area (Å²) in [7, 11) is 1.88. The van der Waals surface area contributed by atoms with Gasteiger partial charge in [-0.15, -0.1) is 11.3 Å². The predicted molar refractivity (Wildman–Crippen MR) is 64.6 cm³/mol. The van der Waals surface area contributed by atoms with Gasteiger partial charge in [0, 0.05) is 12.7 Å². The second kappa shape index (κ2) is 3.81. The van der Waals surface area contributed by atoms with Gasteiger partial charge in [-0.25, -0.2) is 0 Å². The molecule has 0 aromatic carbocycles. The Hall–Kier alpha value is -1.95. The Kier molecular flexibility index (Phi) is 2.29. The molecular formula is C11H10N4OS. The third-order valence-corrected chi connectivity index (χ3v) is 3.50. The maximum atomic E-state index is 5.26.